The van der Waals surface area contributed by atoms with Crippen molar-refractivity contribution in [2.75, 3.05) is 7.11 Å². The van der Waals surface area contributed by atoms with Crippen LogP contribution in [0.1, 0.15) is 47.5 Å². The monoisotopic (exact) mass is 396 g/mol. The summed E-state index contributed by atoms with van der Waals surface area (Å²) in [6.07, 6.45) is 6.34. The number of hydrogen-bond acceptors (Lipinski definition) is 6. The molecule has 6 heteroatoms. The molecule has 0 radical (unpaired) electrons. The lowest BCUT2D eigenvalue weighted by Gasteiger charge is -2.56. The van der Waals surface area contributed by atoms with Crippen molar-refractivity contribution in [2.24, 2.45) is 23.7 Å². The average molecular weight is 397 g/mol. The Morgan fingerprint density at radius 2 is 1.93 bits per heavy atom. The fourth-order valence-electron chi connectivity index (χ4n) is 4.67. The fraction of sp³-hybridized carbons (Fsp3) is 0.773. The van der Waals surface area contributed by atoms with E-state index in [2.05, 4.69) is 4.74 Å². The van der Waals surface area contributed by atoms with Gasteiger partial charge in [0.25, 0.3) is 0 Å². The lowest BCUT2D eigenvalue weighted by molar-refractivity contribution is -0.382. The minimum absolute atomic E-state index is 0.0173. The number of methoxy groups -OCH3 is 1. The summed E-state index contributed by atoms with van der Waals surface area (Å²) in [6.45, 7) is 9.94. The number of ether oxygens (including phenoxy) is 3. The molecule has 1 spiro atoms. The second-order valence-electron chi connectivity index (χ2n) is 8.33. The van der Waals surface area contributed by atoms with Gasteiger partial charge in [-0.05, 0) is 13.3 Å². The van der Waals surface area contributed by atoms with Crippen molar-refractivity contribution in [1.29, 1.82) is 0 Å². The van der Waals surface area contributed by atoms with E-state index in [1.807, 2.05) is 40.7 Å². The van der Waals surface area contributed by atoms with Gasteiger partial charge in [0.1, 0.15) is 0 Å². The van der Waals surface area contributed by atoms with E-state index in [0.717, 1.165) is 6.42 Å². The third-order valence-corrected chi connectivity index (χ3v) is 6.52. The van der Waals surface area contributed by atoms with Gasteiger partial charge in [0.15, 0.2) is 5.79 Å². The van der Waals surface area contributed by atoms with Gasteiger partial charge in [-0.25, -0.2) is 4.79 Å². The van der Waals surface area contributed by atoms with E-state index in [-0.39, 0.29) is 35.9 Å². The second kappa shape index (κ2) is 9.53. The SMILES string of the molecule is CCC1C(O)CC2(OC1C)OC(C(C)C=CC=CC(=O)OC)C(C)C(O)C2C. The highest BCUT2D eigenvalue weighted by atomic mass is 16.7. The molecule has 2 fully saturated rings. The maximum absolute atomic E-state index is 11.2. The highest BCUT2D eigenvalue weighted by Gasteiger charge is 2.57. The summed E-state index contributed by atoms with van der Waals surface area (Å²) >= 11 is 0. The first kappa shape index (κ1) is 23.1. The van der Waals surface area contributed by atoms with E-state index >= 15 is 0 Å². The third-order valence-electron chi connectivity index (χ3n) is 6.52. The summed E-state index contributed by atoms with van der Waals surface area (Å²) in [4.78, 5) is 11.2. The Morgan fingerprint density at radius 1 is 1.25 bits per heavy atom. The lowest BCUT2D eigenvalue weighted by atomic mass is 9.73. The molecule has 9 unspecified atom stereocenters. The number of carbonyl (C=O) groups is 1. The number of hydrogen-bond donors (Lipinski definition) is 2. The number of esters is 1. The molecule has 0 aromatic carbocycles. The molecule has 2 aliphatic heterocycles. The molecule has 0 aromatic rings. The van der Waals surface area contributed by atoms with Crippen LogP contribution in [-0.4, -0.2) is 53.5 Å². The summed E-state index contributed by atoms with van der Waals surface area (Å²) in [5.41, 5.74) is 0. The predicted molar refractivity (Wildman–Crippen MR) is 106 cm³/mol. The van der Waals surface area contributed by atoms with Crippen LogP contribution in [0.25, 0.3) is 0 Å². The fourth-order valence-corrected chi connectivity index (χ4v) is 4.67. The van der Waals surface area contributed by atoms with Gasteiger partial charge in [-0.15, -0.1) is 0 Å². The van der Waals surface area contributed by atoms with E-state index in [4.69, 9.17) is 9.47 Å². The maximum Gasteiger partial charge on any atom is 0.330 e. The number of carbonyl (C=O) groups excluding carboxylic acids is 1. The molecule has 2 N–H and O–H groups in total. The first-order valence-corrected chi connectivity index (χ1v) is 10.3. The molecule has 160 valence electrons. The highest BCUT2D eigenvalue weighted by molar-refractivity contribution is 5.82. The molecule has 2 aliphatic rings. The van der Waals surface area contributed by atoms with Crippen LogP contribution < -0.4 is 0 Å². The van der Waals surface area contributed by atoms with E-state index in [0.29, 0.717) is 6.42 Å². The smallest absolute Gasteiger partial charge is 0.330 e. The van der Waals surface area contributed by atoms with Gasteiger partial charge in [-0.1, -0.05) is 45.9 Å². The Hall–Kier alpha value is -1.21. The van der Waals surface area contributed by atoms with Gasteiger partial charge in [-0.2, -0.15) is 0 Å². The van der Waals surface area contributed by atoms with Crippen LogP contribution >= 0.6 is 0 Å². The standard InChI is InChI=1S/C22H36O6/c1-7-17-16(5)27-22(12-18(17)23)15(4)20(25)14(3)21(28-22)13(2)10-8-9-11-19(24)26-6/h8-11,13-18,20-21,23,25H,7,12H2,1-6H3. The minimum atomic E-state index is -0.995. The first-order chi connectivity index (χ1) is 13.2. The second-order valence-corrected chi connectivity index (χ2v) is 8.33. The van der Waals surface area contributed by atoms with Crippen LogP contribution in [0.5, 0.6) is 0 Å². The van der Waals surface area contributed by atoms with Crippen molar-refractivity contribution in [2.45, 2.75) is 77.7 Å². The van der Waals surface area contributed by atoms with Gasteiger partial charge in [0, 0.05) is 36.2 Å². The van der Waals surface area contributed by atoms with Gasteiger partial charge in [-0.3, -0.25) is 0 Å². The summed E-state index contributed by atoms with van der Waals surface area (Å²) in [6, 6.07) is 0. The van der Waals surface area contributed by atoms with E-state index in [9.17, 15) is 15.0 Å². The van der Waals surface area contributed by atoms with Gasteiger partial charge < -0.3 is 24.4 Å². The minimum Gasteiger partial charge on any atom is -0.466 e. The average Bonchev–Trinajstić information content (AvgIpc) is 2.66. The first-order valence-electron chi connectivity index (χ1n) is 10.3. The van der Waals surface area contributed by atoms with E-state index in [1.54, 1.807) is 12.2 Å². The van der Waals surface area contributed by atoms with Crippen LogP contribution in [-0.2, 0) is 19.0 Å². The normalized spacial score (nSPS) is 42.9. The van der Waals surface area contributed by atoms with Crippen LogP contribution in [0.3, 0.4) is 0 Å². The quantitative estimate of drug-likeness (QED) is 0.422. The van der Waals surface area contributed by atoms with E-state index in [1.165, 1.54) is 13.2 Å². The lowest BCUT2D eigenvalue weighted by Crippen LogP contribution is -2.64. The summed E-state index contributed by atoms with van der Waals surface area (Å²) in [5, 5.41) is 21.6. The molecule has 6 nitrogen and oxygen atoms in total. The molecule has 2 rings (SSSR count). The zero-order valence-electron chi connectivity index (χ0n) is 17.9. The molecule has 28 heavy (non-hydrogen) atoms. The molecule has 9 atom stereocenters. The molecule has 0 amide bonds. The molecule has 2 saturated heterocycles. The molecule has 0 bridgehead atoms. The molecule has 0 aromatic heterocycles. The third kappa shape index (κ3) is 4.67. The highest BCUT2D eigenvalue weighted by Crippen LogP contribution is 2.48. The Kier molecular flexibility index (Phi) is 7.85. The Bertz CT molecular complexity index is 574. The summed E-state index contributed by atoms with van der Waals surface area (Å²) < 4.78 is 17.4. The van der Waals surface area contributed by atoms with Gasteiger partial charge in [0.2, 0.25) is 0 Å². The number of aliphatic hydroxyl groups is 2. The zero-order valence-corrected chi connectivity index (χ0v) is 17.9. The van der Waals surface area contributed by atoms with Crippen LogP contribution in [0.4, 0.5) is 0 Å². The largest absolute Gasteiger partial charge is 0.466 e. The molecular weight excluding hydrogens is 360 g/mol. The maximum atomic E-state index is 11.2. The van der Waals surface area contributed by atoms with Crippen LogP contribution in [0, 0.1) is 23.7 Å². The summed E-state index contributed by atoms with van der Waals surface area (Å²) in [7, 11) is 1.33. The van der Waals surface area contributed by atoms with Crippen molar-refractivity contribution < 1.29 is 29.2 Å². The molecule has 0 aliphatic carbocycles. The van der Waals surface area contributed by atoms with Crippen molar-refractivity contribution in [3.8, 4) is 0 Å². The topological polar surface area (TPSA) is 85.2 Å². The summed E-state index contributed by atoms with van der Waals surface area (Å²) in [5.74, 6) is -1.69. The van der Waals surface area contributed by atoms with E-state index < -0.39 is 24.0 Å². The van der Waals surface area contributed by atoms with Crippen LogP contribution in [0.15, 0.2) is 24.3 Å². The molecule has 0 saturated carbocycles. The van der Waals surface area contributed by atoms with Gasteiger partial charge in [0.05, 0.1) is 31.5 Å². The van der Waals surface area contributed by atoms with Crippen molar-refractivity contribution in [3.63, 3.8) is 0 Å². The van der Waals surface area contributed by atoms with Crippen molar-refractivity contribution >= 4 is 5.97 Å². The number of rotatable bonds is 5. The molecular formula is C22H36O6. The van der Waals surface area contributed by atoms with Crippen LogP contribution in [0.2, 0.25) is 0 Å². The number of aliphatic hydroxyl groups excluding tert-OH is 2. The molecule has 2 heterocycles. The van der Waals surface area contributed by atoms with Crippen molar-refractivity contribution in [3.05, 3.63) is 24.3 Å². The Labute approximate surface area is 168 Å². The van der Waals surface area contributed by atoms with Gasteiger partial charge >= 0.3 is 5.97 Å². The Balaban J connectivity index is 2.19. The van der Waals surface area contributed by atoms with Crippen molar-refractivity contribution in [1.82, 2.24) is 0 Å². The number of allylic oxidation sites excluding steroid dienone is 2. The Morgan fingerprint density at radius 3 is 2.50 bits per heavy atom. The predicted octanol–water partition coefficient (Wildman–Crippen LogP) is 2.83. The zero-order chi connectivity index (χ0) is 21.1.